The molecule has 0 fully saturated rings. The third-order valence-corrected chi connectivity index (χ3v) is 7.93. The molecule has 0 saturated carbocycles. The van der Waals surface area contributed by atoms with Crippen molar-refractivity contribution >= 4 is 50.7 Å². The van der Waals surface area contributed by atoms with E-state index in [4.69, 9.17) is 23.2 Å². The van der Waals surface area contributed by atoms with Crippen molar-refractivity contribution in [2.45, 2.75) is 51.7 Å². The van der Waals surface area contributed by atoms with E-state index < -0.39 is 16.1 Å². The molecule has 0 aliphatic rings. The molecule has 1 atom stereocenters. The lowest BCUT2D eigenvalue weighted by atomic mass is 10.0. The van der Waals surface area contributed by atoms with Gasteiger partial charge in [-0.2, -0.15) is 0 Å². The Morgan fingerprint density at radius 2 is 1.43 bits per heavy atom. The number of anilines is 1. The Balaban J connectivity index is 1.87. The minimum Gasteiger partial charge on any atom is -0.352 e. The summed E-state index contributed by atoms with van der Waals surface area (Å²) in [7, 11) is -3.60. The molecule has 1 N–H and O–H groups in total. The van der Waals surface area contributed by atoms with Crippen molar-refractivity contribution < 1.29 is 18.0 Å². The second-order valence-electron chi connectivity index (χ2n) is 9.93. The second-order valence-corrected chi connectivity index (χ2v) is 12.7. The average Bonchev–Trinajstić information content (AvgIpc) is 2.90. The summed E-state index contributed by atoms with van der Waals surface area (Å²) in [5.74, 6) is -0.501. The van der Waals surface area contributed by atoms with Crippen molar-refractivity contribution in [3.05, 3.63) is 100 Å². The Bertz CT molecular complexity index is 1370. The van der Waals surface area contributed by atoms with Gasteiger partial charge in [0.2, 0.25) is 21.8 Å². The first kappa shape index (κ1) is 31.5. The number of sulfonamides is 1. The monoisotopic (exact) mass is 603 g/mol. The Kier molecular flexibility index (Phi) is 11.4. The molecule has 10 heteroatoms. The topological polar surface area (TPSA) is 86.8 Å². The third kappa shape index (κ3) is 9.54. The first-order chi connectivity index (χ1) is 18.9. The van der Waals surface area contributed by atoms with Crippen LogP contribution in [0.4, 0.5) is 5.69 Å². The van der Waals surface area contributed by atoms with Crippen LogP contribution in [-0.4, -0.2) is 50.0 Å². The molecule has 7 nitrogen and oxygen atoms in total. The van der Waals surface area contributed by atoms with Gasteiger partial charge in [-0.05, 0) is 67.8 Å². The second kappa shape index (κ2) is 14.5. The van der Waals surface area contributed by atoms with E-state index in [9.17, 15) is 18.0 Å². The van der Waals surface area contributed by atoms with E-state index in [2.05, 4.69) is 5.32 Å². The van der Waals surface area contributed by atoms with Crippen molar-refractivity contribution in [3.63, 3.8) is 0 Å². The number of nitrogens with one attached hydrogen (secondary N) is 1. The van der Waals surface area contributed by atoms with Gasteiger partial charge in [-0.25, -0.2) is 8.42 Å². The third-order valence-electron chi connectivity index (χ3n) is 6.23. The van der Waals surface area contributed by atoms with Crippen LogP contribution in [0.5, 0.6) is 0 Å². The number of hydrogen-bond donors (Lipinski definition) is 1. The standard InChI is InChI=1S/C30H35Cl2N3O4S/c1-22(2)33-30(37)28(20-23-8-5-4-6-9-23)34(21-24-11-13-25(31)14-12-24)29(36)10-7-19-35(40(3,38)39)27-17-15-26(32)16-18-27/h4-6,8-9,11-18,22,28H,7,10,19-21H2,1-3H3,(H,33,37)/t28-/m0/s1. The highest BCUT2D eigenvalue weighted by molar-refractivity contribution is 7.92. The molecule has 0 spiro atoms. The summed E-state index contributed by atoms with van der Waals surface area (Å²) >= 11 is 12.0. The number of amides is 2. The summed E-state index contributed by atoms with van der Waals surface area (Å²) in [5.41, 5.74) is 2.22. The molecule has 40 heavy (non-hydrogen) atoms. The van der Waals surface area contributed by atoms with Gasteiger partial charge in [0, 0.05) is 42.0 Å². The highest BCUT2D eigenvalue weighted by atomic mass is 35.5. The van der Waals surface area contributed by atoms with Gasteiger partial charge in [0.05, 0.1) is 11.9 Å². The first-order valence-electron chi connectivity index (χ1n) is 13.1. The lowest BCUT2D eigenvalue weighted by Crippen LogP contribution is -2.51. The van der Waals surface area contributed by atoms with Crippen LogP contribution < -0.4 is 9.62 Å². The van der Waals surface area contributed by atoms with Gasteiger partial charge >= 0.3 is 0 Å². The van der Waals surface area contributed by atoms with E-state index in [0.717, 1.165) is 17.4 Å². The predicted molar refractivity (Wildman–Crippen MR) is 162 cm³/mol. The van der Waals surface area contributed by atoms with Gasteiger partial charge < -0.3 is 10.2 Å². The number of benzene rings is 3. The van der Waals surface area contributed by atoms with Crippen LogP contribution in [0.1, 0.15) is 37.8 Å². The van der Waals surface area contributed by atoms with Crippen molar-refractivity contribution in [2.24, 2.45) is 0 Å². The van der Waals surface area contributed by atoms with E-state index in [0.29, 0.717) is 22.2 Å². The van der Waals surface area contributed by atoms with E-state index in [1.54, 1.807) is 41.3 Å². The zero-order chi connectivity index (χ0) is 29.3. The fourth-order valence-corrected chi connectivity index (χ4v) is 5.55. The number of carbonyl (C=O) groups is 2. The fourth-order valence-electron chi connectivity index (χ4n) is 4.33. The minimum atomic E-state index is -3.60. The van der Waals surface area contributed by atoms with Gasteiger partial charge in [-0.1, -0.05) is 65.7 Å². The summed E-state index contributed by atoms with van der Waals surface area (Å²) in [5, 5.41) is 4.03. The minimum absolute atomic E-state index is 0.0491. The predicted octanol–water partition coefficient (Wildman–Crippen LogP) is 5.70. The molecule has 0 saturated heterocycles. The van der Waals surface area contributed by atoms with E-state index in [-0.39, 0.29) is 43.8 Å². The van der Waals surface area contributed by atoms with Crippen LogP contribution >= 0.6 is 23.2 Å². The number of hydrogen-bond acceptors (Lipinski definition) is 4. The highest BCUT2D eigenvalue weighted by Crippen LogP contribution is 2.22. The van der Waals surface area contributed by atoms with Crippen molar-refractivity contribution in [1.82, 2.24) is 10.2 Å². The van der Waals surface area contributed by atoms with Gasteiger partial charge in [0.25, 0.3) is 0 Å². The molecule has 0 aliphatic carbocycles. The van der Waals surface area contributed by atoms with Crippen LogP contribution in [0, 0.1) is 0 Å². The maximum atomic E-state index is 13.8. The molecule has 3 aromatic rings. The molecular formula is C30H35Cl2N3O4S. The van der Waals surface area contributed by atoms with Gasteiger partial charge in [-0.3, -0.25) is 13.9 Å². The Morgan fingerprint density at radius 3 is 1.98 bits per heavy atom. The van der Waals surface area contributed by atoms with Crippen LogP contribution in [0.2, 0.25) is 10.0 Å². The van der Waals surface area contributed by atoms with Crippen LogP contribution in [0.25, 0.3) is 0 Å². The van der Waals surface area contributed by atoms with E-state index in [1.807, 2.05) is 56.3 Å². The van der Waals surface area contributed by atoms with E-state index in [1.165, 1.54) is 4.31 Å². The summed E-state index contributed by atoms with van der Waals surface area (Å²) in [6.45, 7) is 4.05. The lowest BCUT2D eigenvalue weighted by molar-refractivity contribution is -0.141. The average molecular weight is 605 g/mol. The molecular weight excluding hydrogens is 569 g/mol. The van der Waals surface area contributed by atoms with Gasteiger partial charge in [0.15, 0.2) is 0 Å². The fraction of sp³-hybridized carbons (Fsp3) is 0.333. The summed E-state index contributed by atoms with van der Waals surface area (Å²) in [4.78, 5) is 28.8. The summed E-state index contributed by atoms with van der Waals surface area (Å²) in [6.07, 6.45) is 1.77. The van der Waals surface area contributed by atoms with Gasteiger partial charge in [0.1, 0.15) is 6.04 Å². The zero-order valence-electron chi connectivity index (χ0n) is 22.9. The largest absolute Gasteiger partial charge is 0.352 e. The van der Waals surface area contributed by atoms with Crippen molar-refractivity contribution in [3.8, 4) is 0 Å². The molecule has 214 valence electrons. The molecule has 0 aromatic heterocycles. The van der Waals surface area contributed by atoms with Crippen molar-refractivity contribution in [1.29, 1.82) is 0 Å². The molecule has 0 heterocycles. The molecule has 0 bridgehead atoms. The highest BCUT2D eigenvalue weighted by Gasteiger charge is 2.31. The maximum Gasteiger partial charge on any atom is 0.243 e. The maximum absolute atomic E-state index is 13.8. The number of carbonyl (C=O) groups excluding carboxylic acids is 2. The Morgan fingerprint density at radius 1 is 0.850 bits per heavy atom. The van der Waals surface area contributed by atoms with Crippen molar-refractivity contribution in [2.75, 3.05) is 17.1 Å². The molecule has 0 aliphatic heterocycles. The number of halogens is 2. The summed E-state index contributed by atoms with van der Waals surface area (Å²) < 4.78 is 26.3. The van der Waals surface area contributed by atoms with Crippen LogP contribution in [-0.2, 0) is 32.6 Å². The molecule has 0 radical (unpaired) electrons. The Hall–Kier alpha value is -3.07. The number of nitrogens with zero attached hydrogens (tertiary/aromatic N) is 2. The summed E-state index contributed by atoms with van der Waals surface area (Å²) in [6, 6.07) is 22.3. The smallest absolute Gasteiger partial charge is 0.243 e. The first-order valence-corrected chi connectivity index (χ1v) is 15.7. The molecule has 3 rings (SSSR count). The molecule has 2 amide bonds. The molecule has 0 unspecified atom stereocenters. The van der Waals surface area contributed by atoms with E-state index >= 15 is 0 Å². The molecule has 3 aromatic carbocycles. The van der Waals surface area contributed by atoms with Crippen LogP contribution in [0.3, 0.4) is 0 Å². The zero-order valence-corrected chi connectivity index (χ0v) is 25.2. The normalized spacial score (nSPS) is 12.2. The van der Waals surface area contributed by atoms with Crippen LogP contribution in [0.15, 0.2) is 78.9 Å². The quantitative estimate of drug-likeness (QED) is 0.271. The number of rotatable bonds is 13. The van der Waals surface area contributed by atoms with Gasteiger partial charge in [-0.15, -0.1) is 0 Å². The lowest BCUT2D eigenvalue weighted by Gasteiger charge is -2.32. The SMILES string of the molecule is CC(C)NC(=O)[C@H](Cc1ccccc1)N(Cc1ccc(Cl)cc1)C(=O)CCCN(c1ccc(Cl)cc1)S(C)(=O)=O. The Labute approximate surface area is 247 Å².